The summed E-state index contributed by atoms with van der Waals surface area (Å²) in [5.74, 6) is -0.513. The van der Waals surface area contributed by atoms with Crippen molar-refractivity contribution in [1.29, 1.82) is 0 Å². The van der Waals surface area contributed by atoms with Crippen molar-refractivity contribution in [3.63, 3.8) is 0 Å². The van der Waals surface area contributed by atoms with Gasteiger partial charge in [0, 0.05) is 11.8 Å². The van der Waals surface area contributed by atoms with Crippen molar-refractivity contribution in [3.8, 4) is 11.5 Å². The Kier molecular flexibility index (Phi) is 9.26. The van der Waals surface area contributed by atoms with Gasteiger partial charge in [0.05, 0.1) is 30.3 Å². The van der Waals surface area contributed by atoms with Crippen LogP contribution in [-0.4, -0.2) is 30.6 Å². The molecule has 0 aromatic heterocycles. The fourth-order valence-electron chi connectivity index (χ4n) is 3.93. The molecule has 0 saturated carbocycles. The van der Waals surface area contributed by atoms with Gasteiger partial charge in [-0.05, 0) is 30.5 Å². The van der Waals surface area contributed by atoms with Crippen LogP contribution < -0.4 is 20.1 Å². The van der Waals surface area contributed by atoms with Gasteiger partial charge in [0.15, 0.2) is 5.75 Å². The van der Waals surface area contributed by atoms with Crippen molar-refractivity contribution in [3.05, 3.63) is 75.0 Å². The molecule has 0 radical (unpaired) electrons. The van der Waals surface area contributed by atoms with Crippen molar-refractivity contribution in [2.24, 2.45) is 0 Å². The lowest BCUT2D eigenvalue weighted by Crippen LogP contribution is -2.45. The summed E-state index contributed by atoms with van der Waals surface area (Å²) >= 11 is 0. The summed E-state index contributed by atoms with van der Waals surface area (Å²) in [5, 5.41) is 17.2. The number of carbonyl (C=O) groups excluding carboxylic acids is 2. The molecule has 1 atom stereocenters. The van der Waals surface area contributed by atoms with Crippen molar-refractivity contribution >= 4 is 17.7 Å². The summed E-state index contributed by atoms with van der Waals surface area (Å²) in [4.78, 5) is 36.7. The predicted molar refractivity (Wildman–Crippen MR) is 133 cm³/mol. The van der Waals surface area contributed by atoms with Gasteiger partial charge in [-0.2, -0.15) is 0 Å². The van der Waals surface area contributed by atoms with E-state index in [4.69, 9.17) is 14.2 Å². The van der Waals surface area contributed by atoms with Crippen LogP contribution in [0.3, 0.4) is 0 Å². The Bertz CT molecular complexity index is 1130. The quantitative estimate of drug-likeness (QED) is 0.184. The monoisotopic (exact) mass is 497 g/mol. The fourth-order valence-corrected chi connectivity index (χ4v) is 3.93. The molecule has 2 aromatic rings. The number of nitrogens with zero attached hydrogens (tertiary/aromatic N) is 1. The number of amides is 2. The second-order valence-electron chi connectivity index (χ2n) is 8.37. The van der Waals surface area contributed by atoms with E-state index in [-0.39, 0.29) is 34.9 Å². The molecule has 2 N–H and O–H groups in total. The van der Waals surface area contributed by atoms with Crippen LogP contribution in [0.15, 0.2) is 53.7 Å². The molecule has 1 aliphatic rings. The summed E-state index contributed by atoms with van der Waals surface area (Å²) in [6.07, 6.45) is 3.80. The van der Waals surface area contributed by atoms with E-state index in [1.165, 1.54) is 19.2 Å². The second-order valence-corrected chi connectivity index (χ2v) is 8.37. The zero-order chi connectivity index (χ0) is 26.1. The number of urea groups is 1. The van der Waals surface area contributed by atoms with Crippen LogP contribution in [0.1, 0.15) is 56.7 Å². The summed E-state index contributed by atoms with van der Waals surface area (Å²) < 4.78 is 16.6. The summed E-state index contributed by atoms with van der Waals surface area (Å²) in [5.41, 5.74) is 1.20. The molecule has 3 rings (SSSR count). The highest BCUT2D eigenvalue weighted by Crippen LogP contribution is 2.42. The number of esters is 1. The highest BCUT2D eigenvalue weighted by molar-refractivity contribution is 5.95. The third-order valence-electron chi connectivity index (χ3n) is 5.75. The Morgan fingerprint density at radius 1 is 1.14 bits per heavy atom. The fraction of sp³-hybridized carbons (Fsp3) is 0.385. The Morgan fingerprint density at radius 2 is 1.89 bits per heavy atom. The third kappa shape index (κ3) is 6.53. The lowest BCUT2D eigenvalue weighted by atomic mass is 9.94. The minimum atomic E-state index is -0.992. The average Bonchev–Trinajstić information content (AvgIpc) is 2.87. The molecule has 1 unspecified atom stereocenters. The van der Waals surface area contributed by atoms with Gasteiger partial charge < -0.3 is 24.8 Å². The van der Waals surface area contributed by atoms with Gasteiger partial charge >= 0.3 is 17.7 Å². The normalized spacial score (nSPS) is 15.1. The first-order chi connectivity index (χ1) is 17.3. The molecular weight excluding hydrogens is 466 g/mol. The number of nitrogens with one attached hydrogen (secondary N) is 2. The van der Waals surface area contributed by atoms with Crippen molar-refractivity contribution < 1.29 is 28.7 Å². The third-order valence-corrected chi connectivity index (χ3v) is 5.75. The number of nitro benzene ring substituents is 1. The topological polar surface area (TPSA) is 129 Å². The summed E-state index contributed by atoms with van der Waals surface area (Å²) in [7, 11) is 1.38. The minimum absolute atomic E-state index is 0.0110. The second kappa shape index (κ2) is 12.6. The Hall–Kier alpha value is -4.08. The van der Waals surface area contributed by atoms with Gasteiger partial charge in [0.25, 0.3) is 0 Å². The Balaban J connectivity index is 1.92. The van der Waals surface area contributed by atoms with E-state index in [0.29, 0.717) is 12.3 Å². The molecule has 2 aromatic carbocycles. The van der Waals surface area contributed by atoms with Gasteiger partial charge in [-0.15, -0.1) is 0 Å². The van der Waals surface area contributed by atoms with Crippen LogP contribution in [-0.2, 0) is 16.1 Å². The molecule has 1 aliphatic heterocycles. The minimum Gasteiger partial charge on any atom is -0.493 e. The van der Waals surface area contributed by atoms with Gasteiger partial charge in [0.1, 0.15) is 6.61 Å². The zero-order valence-electron chi connectivity index (χ0n) is 20.7. The lowest BCUT2D eigenvalue weighted by molar-refractivity contribution is -0.386. The molecule has 10 heteroatoms. The number of nitro groups is 1. The summed E-state index contributed by atoms with van der Waals surface area (Å²) in [6, 6.07) is 10.4. The Morgan fingerprint density at radius 3 is 2.56 bits per heavy atom. The van der Waals surface area contributed by atoms with Crippen LogP contribution in [0.5, 0.6) is 11.5 Å². The van der Waals surface area contributed by atoms with Crippen LogP contribution in [0, 0.1) is 10.1 Å². The number of hydrogen-bond acceptors (Lipinski definition) is 7. The van der Waals surface area contributed by atoms with Crippen LogP contribution >= 0.6 is 0 Å². The van der Waals surface area contributed by atoms with Crippen LogP contribution in [0.4, 0.5) is 10.5 Å². The van der Waals surface area contributed by atoms with Crippen molar-refractivity contribution in [2.75, 3.05) is 13.7 Å². The maximum Gasteiger partial charge on any atom is 0.338 e. The van der Waals surface area contributed by atoms with E-state index in [9.17, 15) is 19.7 Å². The number of carbonyl (C=O) groups is 2. The molecule has 0 saturated heterocycles. The zero-order valence-corrected chi connectivity index (χ0v) is 20.7. The molecule has 10 nitrogen and oxygen atoms in total. The molecule has 1 heterocycles. The van der Waals surface area contributed by atoms with E-state index in [1.807, 2.05) is 30.3 Å². The number of methoxy groups -OCH3 is 1. The Labute approximate surface area is 209 Å². The number of rotatable bonds is 12. The van der Waals surface area contributed by atoms with Crippen molar-refractivity contribution in [2.45, 2.75) is 52.2 Å². The SMILES string of the molecule is CCCCCCOc1c(OC)cc(C2NC(=O)NC(C)=C2C(=O)OCc2ccccc2)cc1[N+](=O)[O-]. The van der Waals surface area contributed by atoms with Gasteiger partial charge in [-0.3, -0.25) is 10.1 Å². The highest BCUT2D eigenvalue weighted by Gasteiger charge is 2.35. The predicted octanol–water partition coefficient (Wildman–Crippen LogP) is 4.93. The molecule has 0 bridgehead atoms. The van der Waals surface area contributed by atoms with Crippen LogP contribution in [0.2, 0.25) is 0 Å². The number of ether oxygens (including phenoxy) is 3. The first-order valence-corrected chi connectivity index (χ1v) is 11.8. The van der Waals surface area contributed by atoms with Crippen LogP contribution in [0.25, 0.3) is 0 Å². The largest absolute Gasteiger partial charge is 0.493 e. The first kappa shape index (κ1) is 26.5. The molecule has 36 heavy (non-hydrogen) atoms. The molecule has 2 amide bonds. The first-order valence-electron chi connectivity index (χ1n) is 11.8. The number of benzene rings is 2. The smallest absolute Gasteiger partial charge is 0.338 e. The molecule has 0 aliphatic carbocycles. The van der Waals surface area contributed by atoms with E-state index < -0.39 is 23.0 Å². The molecule has 0 spiro atoms. The van der Waals surface area contributed by atoms with E-state index in [0.717, 1.165) is 31.2 Å². The number of hydrogen-bond donors (Lipinski definition) is 2. The van der Waals surface area contributed by atoms with Gasteiger partial charge in [0.2, 0.25) is 5.75 Å². The number of unbranched alkanes of at least 4 members (excludes halogenated alkanes) is 3. The van der Waals surface area contributed by atoms with Gasteiger partial charge in [-0.25, -0.2) is 9.59 Å². The average molecular weight is 498 g/mol. The van der Waals surface area contributed by atoms with Gasteiger partial charge in [-0.1, -0.05) is 56.5 Å². The molecular formula is C26H31N3O7. The maximum absolute atomic E-state index is 13.1. The van der Waals surface area contributed by atoms with E-state index >= 15 is 0 Å². The molecule has 0 fully saturated rings. The highest BCUT2D eigenvalue weighted by atomic mass is 16.6. The maximum atomic E-state index is 13.1. The van der Waals surface area contributed by atoms with Crippen molar-refractivity contribution in [1.82, 2.24) is 10.6 Å². The lowest BCUT2D eigenvalue weighted by Gasteiger charge is -2.28. The van der Waals surface area contributed by atoms with E-state index in [2.05, 4.69) is 17.6 Å². The molecule has 192 valence electrons. The summed E-state index contributed by atoms with van der Waals surface area (Å²) in [6.45, 7) is 4.00. The standard InChI is InChI=1S/C26H31N3O7/c1-4-5-6-10-13-35-24-20(29(32)33)14-19(15-21(24)34-3)23-22(17(2)27-26(31)28-23)25(30)36-16-18-11-8-7-9-12-18/h7-9,11-12,14-15,23H,4-6,10,13,16H2,1-3H3,(H2,27,28,31). The number of allylic oxidation sites excluding steroid dienone is 1. The van der Waals surface area contributed by atoms with E-state index in [1.54, 1.807) is 6.92 Å².